The number of rotatable bonds is 5. The van der Waals surface area contributed by atoms with Crippen molar-refractivity contribution in [2.45, 2.75) is 32.9 Å². The Morgan fingerprint density at radius 3 is 2.47 bits per heavy atom. The molecule has 0 saturated heterocycles. The molecule has 0 saturated carbocycles. The third-order valence-corrected chi connectivity index (χ3v) is 9.78. The van der Waals surface area contributed by atoms with Crippen molar-refractivity contribution in [2.75, 3.05) is 11.7 Å². The second kappa shape index (κ2) is 11.8. The summed E-state index contributed by atoms with van der Waals surface area (Å²) in [6, 6.07) is 25.7. The average Bonchev–Trinajstić information content (AvgIpc) is 3.88. The molecule has 1 atom stereocenters. The minimum absolute atomic E-state index is 0.0322. The van der Waals surface area contributed by atoms with Crippen LogP contribution in [0.25, 0.3) is 22.4 Å². The fourth-order valence-electron chi connectivity index (χ4n) is 7.17. The van der Waals surface area contributed by atoms with Crippen LogP contribution in [0.1, 0.15) is 44.3 Å². The van der Waals surface area contributed by atoms with E-state index in [-0.39, 0.29) is 30.4 Å². The third-order valence-electron chi connectivity index (χ3n) is 9.78. The number of anilines is 2. The topological polar surface area (TPSA) is 114 Å². The number of benzene rings is 3. The molecule has 0 fully saturated rings. The number of phenolic OH excluding ortho intramolecular Hbond substituents is 1. The van der Waals surface area contributed by atoms with Crippen LogP contribution >= 0.6 is 0 Å². The van der Waals surface area contributed by atoms with E-state index in [1.165, 1.54) is 17.7 Å². The summed E-state index contributed by atoms with van der Waals surface area (Å²) in [7, 11) is 0. The molecular weight excluding hydrogens is 644 g/mol. The van der Waals surface area contributed by atoms with E-state index in [2.05, 4.69) is 29.1 Å². The number of carbonyl (C=O) groups excluding carboxylic acids is 2. The number of hydrogen-bond acceptors (Lipinski definition) is 7. The summed E-state index contributed by atoms with van der Waals surface area (Å²) < 4.78 is 15.1. The van der Waals surface area contributed by atoms with Gasteiger partial charge >= 0.3 is 0 Å². The highest BCUT2D eigenvalue weighted by molar-refractivity contribution is 6.15. The summed E-state index contributed by atoms with van der Waals surface area (Å²) in [5.41, 5.74) is 7.71. The van der Waals surface area contributed by atoms with Gasteiger partial charge in [-0.05, 0) is 86.0 Å². The van der Waals surface area contributed by atoms with E-state index in [1.807, 2.05) is 64.9 Å². The van der Waals surface area contributed by atoms with E-state index >= 15 is 0 Å². The summed E-state index contributed by atoms with van der Waals surface area (Å²) >= 11 is 0. The number of carbonyl (C=O) groups is 2. The van der Waals surface area contributed by atoms with Gasteiger partial charge in [-0.15, -0.1) is 0 Å². The maximum Gasteiger partial charge on any atom is 0.265 e. The van der Waals surface area contributed by atoms with E-state index in [0.29, 0.717) is 63.0 Å². The Kier molecular flexibility index (Phi) is 7.02. The lowest BCUT2D eigenvalue weighted by molar-refractivity contribution is 0.0658. The molecule has 2 amide bonds. The Bertz CT molecular complexity index is 2520. The first-order chi connectivity index (χ1) is 24.8. The Hall–Kier alpha value is -6.62. The lowest BCUT2D eigenvalue weighted by Crippen LogP contribution is -2.42. The lowest BCUT2D eigenvalue weighted by atomic mass is 9.93. The molecule has 11 nitrogen and oxygen atoms in total. The fraction of sp³-hybridized carbons (Fsp3) is 0.150. The maximum absolute atomic E-state index is 14.9. The fourth-order valence-corrected chi connectivity index (χ4v) is 7.17. The van der Waals surface area contributed by atoms with Gasteiger partial charge in [-0.25, -0.2) is 9.50 Å². The van der Waals surface area contributed by atoms with Crippen LogP contribution in [0.4, 0.5) is 11.4 Å². The number of phenols is 1. The van der Waals surface area contributed by atoms with Crippen LogP contribution in [0.2, 0.25) is 0 Å². The van der Waals surface area contributed by atoms with Crippen molar-refractivity contribution < 1.29 is 24.2 Å². The molecule has 0 aliphatic carbocycles. The van der Waals surface area contributed by atoms with Gasteiger partial charge in [-0.1, -0.05) is 30.3 Å². The molecule has 6 heterocycles. The van der Waals surface area contributed by atoms with Crippen LogP contribution in [0.15, 0.2) is 110 Å². The van der Waals surface area contributed by atoms with E-state index in [4.69, 9.17) is 9.47 Å². The van der Waals surface area contributed by atoms with Crippen LogP contribution in [0.3, 0.4) is 0 Å². The molecule has 4 aromatic heterocycles. The number of pyridine rings is 1. The van der Waals surface area contributed by atoms with Crippen LogP contribution < -0.4 is 14.4 Å². The lowest BCUT2D eigenvalue weighted by Gasteiger charge is -2.35. The number of aryl methyl sites for hydroxylation is 1. The van der Waals surface area contributed by atoms with Gasteiger partial charge in [0, 0.05) is 35.6 Å². The quantitative estimate of drug-likeness (QED) is 0.210. The van der Waals surface area contributed by atoms with Crippen LogP contribution in [-0.2, 0) is 13.0 Å². The molecule has 1 N–H and O–H groups in total. The molecule has 9 rings (SSSR count). The number of amides is 2. The number of fused-ring (bicyclic) bond motifs is 4. The molecule has 11 heteroatoms. The van der Waals surface area contributed by atoms with Crippen molar-refractivity contribution in [3.63, 3.8) is 0 Å². The molecule has 0 spiro atoms. The predicted molar refractivity (Wildman–Crippen MR) is 191 cm³/mol. The molecule has 0 radical (unpaired) electrons. The number of aromatic nitrogens is 4. The molecule has 252 valence electrons. The van der Waals surface area contributed by atoms with Gasteiger partial charge < -0.3 is 23.9 Å². The minimum atomic E-state index is -0.337. The molecular formula is C40H32N6O5. The van der Waals surface area contributed by atoms with Crippen LogP contribution in [0, 0.1) is 6.92 Å². The van der Waals surface area contributed by atoms with Crippen molar-refractivity contribution >= 4 is 34.4 Å². The van der Waals surface area contributed by atoms with Gasteiger partial charge in [-0.3, -0.25) is 14.5 Å². The summed E-state index contributed by atoms with van der Waals surface area (Å²) in [6.07, 6.45) is 7.75. The standard InChI is InChI=1S/C40H32N6O5/c1-24-19-42-45-22-29(20-41-38(24)45)46(28-10-12-30(47)13-11-28)40(49)33-16-35(43-14-6-5-9-34(33)43)31-17-36-37(51-23-50-36)18-32(31)39(48)44-21-27-8-4-3-7-26(27)15-25(44)2/h3-14,16-20,22,25,47H,15,21,23H2,1-2H3/t25-/m1/s1. The highest BCUT2D eigenvalue weighted by Crippen LogP contribution is 2.42. The molecule has 3 aromatic carbocycles. The molecule has 7 aromatic rings. The smallest absolute Gasteiger partial charge is 0.265 e. The first-order valence-electron chi connectivity index (χ1n) is 16.7. The summed E-state index contributed by atoms with van der Waals surface area (Å²) in [6.45, 7) is 4.53. The van der Waals surface area contributed by atoms with E-state index in [9.17, 15) is 14.7 Å². The summed E-state index contributed by atoms with van der Waals surface area (Å²) in [5, 5.41) is 14.5. The normalized spacial score (nSPS) is 14.9. The van der Waals surface area contributed by atoms with Crippen molar-refractivity contribution in [3.8, 4) is 28.5 Å². The van der Waals surface area contributed by atoms with Gasteiger partial charge in [0.25, 0.3) is 11.8 Å². The zero-order valence-electron chi connectivity index (χ0n) is 27.9. The van der Waals surface area contributed by atoms with Crippen molar-refractivity contribution in [2.24, 2.45) is 0 Å². The molecule has 0 bridgehead atoms. The van der Waals surface area contributed by atoms with Gasteiger partial charge in [0.1, 0.15) is 5.75 Å². The van der Waals surface area contributed by atoms with E-state index in [0.717, 1.165) is 17.5 Å². The van der Waals surface area contributed by atoms with E-state index in [1.54, 1.807) is 46.2 Å². The molecule has 2 aliphatic heterocycles. The van der Waals surface area contributed by atoms with Crippen molar-refractivity contribution in [3.05, 3.63) is 138 Å². The summed E-state index contributed by atoms with van der Waals surface area (Å²) in [4.78, 5) is 37.6. The largest absolute Gasteiger partial charge is 0.508 e. The van der Waals surface area contributed by atoms with Crippen molar-refractivity contribution in [1.82, 2.24) is 23.9 Å². The number of aromatic hydroxyl groups is 1. The summed E-state index contributed by atoms with van der Waals surface area (Å²) in [5.74, 6) is 0.626. The SMILES string of the molecule is Cc1cnn2cc(N(C(=O)c3cc(-c4cc5c(cc4C(=O)N4Cc6ccccc6C[C@H]4C)OCO5)n4ccccc34)c3ccc(O)cc3)cnc12. The Morgan fingerprint density at radius 1 is 0.882 bits per heavy atom. The zero-order valence-corrected chi connectivity index (χ0v) is 27.9. The highest BCUT2D eigenvalue weighted by atomic mass is 16.7. The second-order valence-electron chi connectivity index (χ2n) is 13.0. The average molecular weight is 677 g/mol. The van der Waals surface area contributed by atoms with Crippen molar-refractivity contribution in [1.29, 1.82) is 0 Å². The van der Waals surface area contributed by atoms with Gasteiger partial charge in [0.05, 0.1) is 46.6 Å². The third kappa shape index (κ3) is 5.04. The highest BCUT2D eigenvalue weighted by Gasteiger charge is 2.33. The van der Waals surface area contributed by atoms with Crippen LogP contribution in [-0.4, -0.2) is 53.7 Å². The Labute approximate surface area is 292 Å². The molecule has 0 unspecified atom stereocenters. The Morgan fingerprint density at radius 2 is 1.65 bits per heavy atom. The van der Waals surface area contributed by atoms with E-state index < -0.39 is 0 Å². The number of nitrogens with zero attached hydrogens (tertiary/aromatic N) is 6. The first-order valence-corrected chi connectivity index (χ1v) is 16.7. The molecule has 2 aliphatic rings. The Balaban J connectivity index is 1.19. The van der Waals surface area contributed by atoms with Gasteiger partial charge in [0.2, 0.25) is 6.79 Å². The molecule has 51 heavy (non-hydrogen) atoms. The van der Waals surface area contributed by atoms with Gasteiger partial charge in [0.15, 0.2) is 17.1 Å². The first kappa shape index (κ1) is 30.4. The van der Waals surface area contributed by atoms with Crippen LogP contribution in [0.5, 0.6) is 17.2 Å². The predicted octanol–water partition coefficient (Wildman–Crippen LogP) is 6.96. The van der Waals surface area contributed by atoms with Gasteiger partial charge in [-0.2, -0.15) is 5.10 Å². The number of ether oxygens (including phenoxy) is 2. The minimum Gasteiger partial charge on any atom is -0.508 e. The zero-order chi connectivity index (χ0) is 34.8. The second-order valence-corrected chi connectivity index (χ2v) is 13.0. The maximum atomic E-state index is 14.9. The monoisotopic (exact) mass is 676 g/mol. The number of hydrogen-bond donors (Lipinski definition) is 1.